The minimum atomic E-state index is -3.72. The summed E-state index contributed by atoms with van der Waals surface area (Å²) in [6, 6.07) is 16.7. The van der Waals surface area contributed by atoms with Gasteiger partial charge in [0.2, 0.25) is 0 Å². The maximum Gasteiger partial charge on any atom is 0.586 e. The Hall–Kier alpha value is -4.70. The number of rotatable bonds is 6. The third-order valence-corrected chi connectivity index (χ3v) is 6.54. The van der Waals surface area contributed by atoms with Crippen molar-refractivity contribution < 1.29 is 27.8 Å². The second kappa shape index (κ2) is 9.25. The van der Waals surface area contributed by atoms with Crippen molar-refractivity contribution in [3.8, 4) is 28.5 Å². The van der Waals surface area contributed by atoms with Crippen LogP contribution in [0.2, 0.25) is 0 Å². The Labute approximate surface area is 221 Å². The molecular formula is C29H23F2N3O5. The van der Waals surface area contributed by atoms with Gasteiger partial charge in [-0.2, -0.15) is 5.10 Å². The molecule has 2 N–H and O–H groups in total. The highest BCUT2D eigenvalue weighted by Gasteiger charge is 2.43. The second-order valence-corrected chi connectivity index (χ2v) is 9.36. The molecule has 198 valence electrons. The van der Waals surface area contributed by atoms with Crippen LogP contribution in [-0.2, 0) is 6.61 Å². The first-order chi connectivity index (χ1) is 18.7. The average Bonchev–Trinajstić information content (AvgIpc) is 3.51. The molecule has 1 unspecified atom stereocenters. The van der Waals surface area contributed by atoms with Crippen molar-refractivity contribution in [2.24, 2.45) is 0 Å². The third kappa shape index (κ3) is 4.59. The van der Waals surface area contributed by atoms with E-state index in [1.54, 1.807) is 18.3 Å². The first-order valence-corrected chi connectivity index (χ1v) is 12.2. The number of aliphatic hydroxyl groups is 1. The van der Waals surface area contributed by atoms with Crippen LogP contribution in [0.25, 0.3) is 28.0 Å². The quantitative estimate of drug-likeness (QED) is 0.280. The van der Waals surface area contributed by atoms with Gasteiger partial charge in [0.25, 0.3) is 0 Å². The standard InChI is InChI=1S/C29H23F2N3O5/c1-16-9-21(17(2)33-23-6-4-3-5-18(23)15-35)28-22(10-16)24(36)12-26(37-28)19-13-32-34(14-19)20-7-8-25-27(11-20)39-29(30,31)38-25/h3-14,17,33,35H,15H2,1-2H3. The lowest BCUT2D eigenvalue weighted by atomic mass is 10.0. The van der Waals surface area contributed by atoms with Gasteiger partial charge in [0.15, 0.2) is 16.9 Å². The highest BCUT2D eigenvalue weighted by atomic mass is 19.3. The lowest BCUT2D eigenvalue weighted by Gasteiger charge is -2.19. The van der Waals surface area contributed by atoms with Crippen molar-refractivity contribution in [3.63, 3.8) is 0 Å². The zero-order valence-electron chi connectivity index (χ0n) is 20.9. The highest BCUT2D eigenvalue weighted by Crippen LogP contribution is 2.42. The first kappa shape index (κ1) is 24.6. The maximum absolute atomic E-state index is 13.4. The van der Waals surface area contributed by atoms with E-state index in [9.17, 15) is 18.7 Å². The number of benzene rings is 3. The molecule has 6 rings (SSSR count). The van der Waals surface area contributed by atoms with E-state index < -0.39 is 6.29 Å². The summed E-state index contributed by atoms with van der Waals surface area (Å²) >= 11 is 0. The van der Waals surface area contributed by atoms with Crippen LogP contribution in [0.3, 0.4) is 0 Å². The Balaban J connectivity index is 1.38. The normalized spacial score (nSPS) is 14.5. The molecule has 0 radical (unpaired) electrons. The molecule has 10 heteroatoms. The summed E-state index contributed by atoms with van der Waals surface area (Å²) in [7, 11) is 0. The maximum atomic E-state index is 13.4. The molecule has 0 aliphatic carbocycles. The molecule has 0 saturated heterocycles. The molecular weight excluding hydrogens is 508 g/mol. The zero-order valence-corrected chi connectivity index (χ0v) is 20.9. The molecule has 2 aromatic heterocycles. The van der Waals surface area contributed by atoms with E-state index in [1.807, 2.05) is 44.2 Å². The number of alkyl halides is 2. The number of aliphatic hydroxyl groups excluding tert-OH is 1. The van der Waals surface area contributed by atoms with Crippen molar-refractivity contribution in [3.05, 3.63) is 100.0 Å². The minimum Gasteiger partial charge on any atom is -0.455 e. The van der Waals surface area contributed by atoms with E-state index >= 15 is 0 Å². The Morgan fingerprint density at radius 1 is 1.08 bits per heavy atom. The molecule has 0 amide bonds. The summed E-state index contributed by atoms with van der Waals surface area (Å²) in [6.07, 6.45) is -0.559. The van der Waals surface area contributed by atoms with Crippen LogP contribution in [0.4, 0.5) is 14.5 Å². The first-order valence-electron chi connectivity index (χ1n) is 12.2. The number of aromatic nitrogens is 2. The molecule has 0 spiro atoms. The summed E-state index contributed by atoms with van der Waals surface area (Å²) < 4.78 is 43.6. The fourth-order valence-electron chi connectivity index (χ4n) is 4.68. The SMILES string of the molecule is Cc1cc(C(C)Nc2ccccc2CO)c2oc(-c3cnn(-c4ccc5c(c4)OC(F)(F)O5)c3)cc(=O)c2c1. The number of nitrogens with one attached hydrogen (secondary N) is 1. The van der Waals surface area contributed by atoms with Crippen molar-refractivity contribution in [2.75, 3.05) is 5.32 Å². The number of nitrogens with zero attached hydrogens (tertiary/aromatic N) is 2. The van der Waals surface area contributed by atoms with Gasteiger partial charge >= 0.3 is 6.29 Å². The topological polar surface area (TPSA) is 98.8 Å². The number of anilines is 1. The molecule has 0 fully saturated rings. The van der Waals surface area contributed by atoms with E-state index in [4.69, 9.17) is 4.42 Å². The van der Waals surface area contributed by atoms with E-state index in [0.717, 1.165) is 22.4 Å². The number of aryl methyl sites for hydroxylation is 1. The van der Waals surface area contributed by atoms with Gasteiger partial charge in [-0.25, -0.2) is 4.68 Å². The summed E-state index contributed by atoms with van der Waals surface area (Å²) in [5, 5.41) is 17.9. The Morgan fingerprint density at radius 2 is 1.87 bits per heavy atom. The van der Waals surface area contributed by atoms with Gasteiger partial charge in [0.1, 0.15) is 11.3 Å². The number of fused-ring (bicyclic) bond motifs is 2. The average molecular weight is 532 g/mol. The number of hydrogen-bond donors (Lipinski definition) is 2. The number of ether oxygens (including phenoxy) is 2. The smallest absolute Gasteiger partial charge is 0.455 e. The zero-order chi connectivity index (χ0) is 27.3. The molecule has 39 heavy (non-hydrogen) atoms. The lowest BCUT2D eigenvalue weighted by Crippen LogP contribution is -2.25. The van der Waals surface area contributed by atoms with Crippen LogP contribution in [0.5, 0.6) is 11.5 Å². The summed E-state index contributed by atoms with van der Waals surface area (Å²) in [5.74, 6) is 0.138. The summed E-state index contributed by atoms with van der Waals surface area (Å²) in [5.41, 5.74) is 4.42. The predicted molar refractivity (Wildman–Crippen MR) is 140 cm³/mol. The van der Waals surface area contributed by atoms with Gasteiger partial charge in [0.05, 0.1) is 35.5 Å². The number of halogens is 2. The van der Waals surface area contributed by atoms with Gasteiger partial charge < -0.3 is 24.3 Å². The van der Waals surface area contributed by atoms with Crippen LogP contribution in [0.1, 0.15) is 29.7 Å². The highest BCUT2D eigenvalue weighted by molar-refractivity contribution is 5.83. The monoisotopic (exact) mass is 531 g/mol. The lowest BCUT2D eigenvalue weighted by molar-refractivity contribution is -0.286. The van der Waals surface area contributed by atoms with Crippen LogP contribution < -0.4 is 20.2 Å². The third-order valence-electron chi connectivity index (χ3n) is 6.54. The van der Waals surface area contributed by atoms with Gasteiger partial charge in [-0.3, -0.25) is 4.79 Å². The molecule has 0 bridgehead atoms. The van der Waals surface area contributed by atoms with E-state index in [1.165, 1.54) is 29.1 Å². The Morgan fingerprint density at radius 3 is 2.69 bits per heavy atom. The molecule has 5 aromatic rings. The van der Waals surface area contributed by atoms with E-state index in [-0.39, 0.29) is 29.6 Å². The molecule has 1 aliphatic heterocycles. The van der Waals surface area contributed by atoms with Gasteiger partial charge in [0, 0.05) is 35.1 Å². The fourth-order valence-corrected chi connectivity index (χ4v) is 4.68. The fraction of sp³-hybridized carbons (Fsp3) is 0.172. The molecule has 1 atom stereocenters. The minimum absolute atomic E-state index is 0.0659. The van der Waals surface area contributed by atoms with Gasteiger partial charge in [-0.05, 0) is 43.7 Å². The molecule has 0 saturated carbocycles. The number of hydrogen-bond acceptors (Lipinski definition) is 7. The van der Waals surface area contributed by atoms with Gasteiger partial charge in [-0.15, -0.1) is 8.78 Å². The second-order valence-electron chi connectivity index (χ2n) is 9.36. The van der Waals surface area contributed by atoms with Crippen LogP contribution in [-0.4, -0.2) is 21.2 Å². The summed E-state index contributed by atoms with van der Waals surface area (Å²) in [6.45, 7) is 3.76. The number of para-hydroxylation sites is 1. The summed E-state index contributed by atoms with van der Waals surface area (Å²) in [4.78, 5) is 13.2. The van der Waals surface area contributed by atoms with Crippen molar-refractivity contribution >= 4 is 16.7 Å². The van der Waals surface area contributed by atoms with Crippen LogP contribution in [0, 0.1) is 6.92 Å². The van der Waals surface area contributed by atoms with Crippen LogP contribution in [0.15, 0.2) is 82.3 Å². The van der Waals surface area contributed by atoms with Crippen LogP contribution >= 0.6 is 0 Å². The Bertz CT molecular complexity index is 1780. The van der Waals surface area contributed by atoms with E-state index in [2.05, 4.69) is 19.9 Å². The molecule has 1 aliphatic rings. The molecule has 3 aromatic carbocycles. The van der Waals surface area contributed by atoms with Crippen molar-refractivity contribution in [1.29, 1.82) is 0 Å². The Kier molecular flexibility index (Phi) is 5.84. The molecule has 3 heterocycles. The molecule has 8 nitrogen and oxygen atoms in total. The van der Waals surface area contributed by atoms with Crippen molar-refractivity contribution in [2.45, 2.75) is 32.8 Å². The largest absolute Gasteiger partial charge is 0.586 e. The van der Waals surface area contributed by atoms with E-state index in [0.29, 0.717) is 28.0 Å². The predicted octanol–water partition coefficient (Wildman–Crippen LogP) is 5.94. The van der Waals surface area contributed by atoms with Gasteiger partial charge in [-0.1, -0.05) is 24.3 Å². The van der Waals surface area contributed by atoms with Crippen molar-refractivity contribution in [1.82, 2.24) is 9.78 Å².